The third kappa shape index (κ3) is 6.07. The third-order valence-corrected chi connectivity index (χ3v) is 9.58. The van der Waals surface area contributed by atoms with Gasteiger partial charge in [0.1, 0.15) is 11.0 Å². The summed E-state index contributed by atoms with van der Waals surface area (Å²) in [4.78, 5) is 58.2. The van der Waals surface area contributed by atoms with Crippen molar-refractivity contribution in [3.8, 4) is 0 Å². The summed E-state index contributed by atoms with van der Waals surface area (Å²) in [6, 6.07) is 7.34. The zero-order valence-electron chi connectivity index (χ0n) is 23.7. The lowest BCUT2D eigenvalue weighted by Crippen LogP contribution is -2.74. The zero-order valence-corrected chi connectivity index (χ0v) is 25.3. The van der Waals surface area contributed by atoms with Crippen molar-refractivity contribution in [1.29, 1.82) is 0 Å². The molecule has 0 saturated carbocycles. The van der Waals surface area contributed by atoms with Gasteiger partial charge in [-0.1, -0.05) is 26.0 Å². The second-order valence-corrected chi connectivity index (χ2v) is 13.3. The van der Waals surface area contributed by atoms with Crippen molar-refractivity contribution in [2.75, 3.05) is 38.7 Å². The Balaban J connectivity index is 1.46. The van der Waals surface area contributed by atoms with Crippen LogP contribution in [0.5, 0.6) is 0 Å². The molecule has 40 heavy (non-hydrogen) atoms. The molecule has 0 N–H and O–H groups in total. The smallest absolute Gasteiger partial charge is 0.272 e. The maximum Gasteiger partial charge on any atom is 0.272 e. The molecule has 3 saturated heterocycles. The average molecular weight is 586 g/mol. The molecular weight excluding hydrogens is 546 g/mol. The number of rotatable bonds is 8. The number of carbonyl (C=O) groups excluding carboxylic acids is 3. The van der Waals surface area contributed by atoms with Gasteiger partial charge >= 0.3 is 0 Å². The second kappa shape index (κ2) is 12.6. The number of thiazole rings is 1. The van der Waals surface area contributed by atoms with E-state index < -0.39 is 18.3 Å². The van der Waals surface area contributed by atoms with Crippen LogP contribution in [0.2, 0.25) is 0 Å². The minimum atomic E-state index is -0.810. The summed E-state index contributed by atoms with van der Waals surface area (Å²) in [5.41, 5.74) is 0.888. The molecule has 1 aromatic carbocycles. The van der Waals surface area contributed by atoms with Crippen LogP contribution in [0, 0.1) is 5.92 Å². The molecule has 1 aromatic heterocycles. The Morgan fingerprint density at radius 3 is 2.65 bits per heavy atom. The van der Waals surface area contributed by atoms with Crippen LogP contribution in [-0.2, 0) is 19.2 Å². The number of hydrogen-bond acceptors (Lipinski definition) is 8. The fourth-order valence-electron chi connectivity index (χ4n) is 5.85. The highest BCUT2D eigenvalue weighted by atomic mass is 32.2. The predicted molar refractivity (Wildman–Crippen MR) is 159 cm³/mol. The second-order valence-electron chi connectivity index (χ2n) is 11.3. The molecular formula is C29H39N5O4S2. The Labute approximate surface area is 244 Å². The summed E-state index contributed by atoms with van der Waals surface area (Å²) in [5, 5.41) is 2.08. The fraction of sp³-hybridized carbons (Fsp3) is 0.586. The number of piperidine rings is 1. The molecule has 5 rings (SSSR count). The molecule has 3 aliphatic rings. The highest BCUT2D eigenvalue weighted by molar-refractivity contribution is 7.98. The molecule has 3 aliphatic heterocycles. The van der Waals surface area contributed by atoms with E-state index in [4.69, 9.17) is 4.84 Å². The Kier molecular flexibility index (Phi) is 9.14. The van der Waals surface area contributed by atoms with Gasteiger partial charge in [0.25, 0.3) is 11.8 Å². The van der Waals surface area contributed by atoms with Gasteiger partial charge in [-0.15, -0.1) is 11.3 Å². The monoisotopic (exact) mass is 585 g/mol. The van der Waals surface area contributed by atoms with E-state index in [1.54, 1.807) is 22.7 Å². The lowest BCUT2D eigenvalue weighted by atomic mass is 9.96. The molecule has 4 heterocycles. The number of carbonyl (C=O) groups is 3. The number of para-hydroxylation sites is 1. The number of nitrogens with zero attached hydrogens (tertiary/aromatic N) is 5. The molecule has 9 nitrogen and oxygen atoms in total. The number of aromatic nitrogens is 1. The van der Waals surface area contributed by atoms with Gasteiger partial charge in [-0.05, 0) is 82.0 Å². The van der Waals surface area contributed by atoms with E-state index in [1.807, 2.05) is 49.3 Å². The molecule has 11 heteroatoms. The van der Waals surface area contributed by atoms with E-state index in [0.29, 0.717) is 12.8 Å². The molecule has 216 valence electrons. The quantitative estimate of drug-likeness (QED) is 0.437. The molecule has 3 fully saturated rings. The maximum absolute atomic E-state index is 14.0. The summed E-state index contributed by atoms with van der Waals surface area (Å²) in [6.07, 6.45) is 6.47. The van der Waals surface area contributed by atoms with Gasteiger partial charge < -0.3 is 14.7 Å². The van der Waals surface area contributed by atoms with Crippen LogP contribution in [-0.4, -0.2) is 106 Å². The lowest BCUT2D eigenvalue weighted by Gasteiger charge is -2.54. The number of piperazine rings is 1. The number of hydroxylamine groups is 2. The average Bonchev–Trinajstić information content (AvgIpc) is 3.36. The first-order valence-corrected chi connectivity index (χ1v) is 16.3. The zero-order chi connectivity index (χ0) is 28.4. The van der Waals surface area contributed by atoms with Crippen LogP contribution in [0.25, 0.3) is 16.3 Å². The summed E-state index contributed by atoms with van der Waals surface area (Å²) in [7, 11) is 2.10. The van der Waals surface area contributed by atoms with Gasteiger partial charge in [0.05, 0.1) is 16.8 Å². The van der Waals surface area contributed by atoms with E-state index >= 15 is 0 Å². The highest BCUT2D eigenvalue weighted by Gasteiger charge is 2.53. The normalized spacial score (nSPS) is 25.0. The molecule has 2 aromatic rings. The molecule has 0 radical (unpaired) electrons. The summed E-state index contributed by atoms with van der Waals surface area (Å²) < 4.78 is 1.05. The van der Waals surface area contributed by atoms with Crippen molar-refractivity contribution in [2.24, 2.45) is 5.92 Å². The highest BCUT2D eigenvalue weighted by Crippen LogP contribution is 2.33. The Morgan fingerprint density at radius 1 is 1.20 bits per heavy atom. The van der Waals surface area contributed by atoms with Gasteiger partial charge in [-0.3, -0.25) is 19.2 Å². The number of fused-ring (bicyclic) bond motifs is 2. The number of benzene rings is 1. The minimum absolute atomic E-state index is 0.00387. The van der Waals surface area contributed by atoms with Crippen molar-refractivity contribution in [3.63, 3.8) is 0 Å². The lowest BCUT2D eigenvalue weighted by molar-refractivity contribution is -0.275. The van der Waals surface area contributed by atoms with Gasteiger partial charge in [0, 0.05) is 12.1 Å². The topological polar surface area (TPSA) is 86.3 Å². The Hall–Kier alpha value is -2.47. The Bertz CT molecular complexity index is 1230. The number of likely N-dealkylation sites (tertiary alicyclic amines) is 1. The first-order valence-electron chi connectivity index (χ1n) is 14.1. The van der Waals surface area contributed by atoms with E-state index in [9.17, 15) is 14.4 Å². The van der Waals surface area contributed by atoms with Crippen LogP contribution < -0.4 is 0 Å². The van der Waals surface area contributed by atoms with E-state index in [1.165, 1.54) is 22.5 Å². The predicted octanol–water partition coefficient (Wildman–Crippen LogP) is 3.71. The Morgan fingerprint density at radius 2 is 1.95 bits per heavy atom. The molecule has 0 bridgehead atoms. The van der Waals surface area contributed by atoms with Gasteiger partial charge in [0.15, 0.2) is 12.3 Å². The van der Waals surface area contributed by atoms with Crippen molar-refractivity contribution < 1.29 is 19.2 Å². The van der Waals surface area contributed by atoms with Gasteiger partial charge in [-0.2, -0.15) is 16.8 Å². The molecule has 0 unspecified atom stereocenters. The van der Waals surface area contributed by atoms with Crippen LogP contribution in [0.15, 0.2) is 30.3 Å². The molecule has 3 atom stereocenters. The van der Waals surface area contributed by atoms with Crippen molar-refractivity contribution in [3.05, 3.63) is 35.3 Å². The third-order valence-electron chi connectivity index (χ3n) is 7.93. The van der Waals surface area contributed by atoms with Gasteiger partial charge in [-0.25, -0.2) is 4.98 Å². The standard InChI is InChI=1S/C29H39N5O4S2/c1-19(2)17-23-29(37)33-22(13-16-39-4)28(36)32(20-11-14-31(3)15-12-20)18-26(33)34(38-23)27(35)10-9-25-30-21-7-5-6-8-24(21)40-25/h5-10,19-20,22-23,26H,11-18H2,1-4H3/b10-9+/t22-,23+,26-/m0/s1. The van der Waals surface area contributed by atoms with Crippen LogP contribution in [0.4, 0.5) is 0 Å². The fourth-order valence-corrected chi connectivity index (χ4v) is 7.18. The number of thioether (sulfide) groups is 1. The molecule has 0 spiro atoms. The van der Waals surface area contributed by atoms with Crippen molar-refractivity contribution >= 4 is 57.1 Å². The van der Waals surface area contributed by atoms with Crippen LogP contribution in [0.1, 0.15) is 44.5 Å². The van der Waals surface area contributed by atoms with Crippen LogP contribution >= 0.6 is 23.1 Å². The van der Waals surface area contributed by atoms with Crippen LogP contribution in [0.3, 0.4) is 0 Å². The largest absolute Gasteiger partial charge is 0.334 e. The molecule has 3 amide bonds. The first-order chi connectivity index (χ1) is 19.3. The summed E-state index contributed by atoms with van der Waals surface area (Å²) >= 11 is 3.17. The summed E-state index contributed by atoms with van der Waals surface area (Å²) in [5.74, 6) is 0.379. The molecule has 0 aliphatic carbocycles. The SMILES string of the molecule is CSCC[C@H]1C(=O)N(C2CCN(C)CC2)C[C@@H]2N(C(=O)/C=C/c3nc4ccccc4s3)O[C@H](CC(C)C)C(=O)N21. The maximum atomic E-state index is 14.0. The van der Waals surface area contributed by atoms with Gasteiger partial charge in [0.2, 0.25) is 5.91 Å². The van der Waals surface area contributed by atoms with E-state index in [2.05, 4.69) is 16.9 Å². The van der Waals surface area contributed by atoms with E-state index in [0.717, 1.165) is 46.9 Å². The minimum Gasteiger partial charge on any atom is -0.334 e. The summed E-state index contributed by atoms with van der Waals surface area (Å²) in [6.45, 7) is 6.13. The number of amides is 3. The van der Waals surface area contributed by atoms with E-state index in [-0.39, 0.29) is 36.2 Å². The van der Waals surface area contributed by atoms with Crippen molar-refractivity contribution in [1.82, 2.24) is 24.7 Å². The number of hydrogen-bond donors (Lipinski definition) is 0. The first kappa shape index (κ1) is 29.0. The van der Waals surface area contributed by atoms with Crippen molar-refractivity contribution in [2.45, 2.75) is 63.9 Å².